The van der Waals surface area contributed by atoms with E-state index < -0.39 is 6.04 Å². The maximum Gasteiger partial charge on any atom is 0.251 e. The Morgan fingerprint density at radius 1 is 1.00 bits per heavy atom. The van der Waals surface area contributed by atoms with Crippen molar-refractivity contribution in [1.82, 2.24) is 5.32 Å². The summed E-state index contributed by atoms with van der Waals surface area (Å²) in [7, 11) is 0. The first-order chi connectivity index (χ1) is 13.0. The number of carbonyl (C=O) groups excluding carboxylic acids is 2. The molecule has 2 N–H and O–H groups in total. The van der Waals surface area contributed by atoms with E-state index in [1.165, 1.54) is 6.42 Å². The monoisotopic (exact) mass is 385 g/mol. The summed E-state index contributed by atoms with van der Waals surface area (Å²) in [4.78, 5) is 27.2. The first-order valence-corrected chi connectivity index (χ1v) is 9.63. The number of benzene rings is 2. The van der Waals surface area contributed by atoms with Crippen LogP contribution >= 0.6 is 11.6 Å². The van der Waals surface area contributed by atoms with E-state index in [1.807, 2.05) is 24.3 Å². The van der Waals surface area contributed by atoms with Crippen molar-refractivity contribution in [1.29, 1.82) is 0 Å². The van der Waals surface area contributed by atoms with E-state index >= 15 is 0 Å². The summed E-state index contributed by atoms with van der Waals surface area (Å²) >= 11 is 5.84. The lowest BCUT2D eigenvalue weighted by molar-refractivity contribution is -0.117. The molecule has 1 heterocycles. The van der Waals surface area contributed by atoms with Gasteiger partial charge in [-0.3, -0.25) is 9.59 Å². The van der Waals surface area contributed by atoms with Crippen molar-refractivity contribution in [2.24, 2.45) is 0 Å². The number of rotatable bonds is 5. The van der Waals surface area contributed by atoms with Crippen LogP contribution in [0.15, 0.2) is 48.5 Å². The van der Waals surface area contributed by atoms with Gasteiger partial charge >= 0.3 is 0 Å². The van der Waals surface area contributed by atoms with Crippen LogP contribution in [-0.2, 0) is 4.79 Å². The number of amides is 2. The normalized spacial score (nSPS) is 15.1. The summed E-state index contributed by atoms with van der Waals surface area (Å²) in [5.41, 5.74) is 2.27. The predicted molar refractivity (Wildman–Crippen MR) is 110 cm³/mol. The molecule has 1 aliphatic heterocycles. The summed E-state index contributed by atoms with van der Waals surface area (Å²) in [6, 6.07) is 13.7. The highest BCUT2D eigenvalue weighted by atomic mass is 35.5. The van der Waals surface area contributed by atoms with Crippen molar-refractivity contribution < 1.29 is 9.59 Å². The van der Waals surface area contributed by atoms with Crippen LogP contribution in [0, 0.1) is 0 Å². The Balaban J connectivity index is 1.64. The quantitative estimate of drug-likeness (QED) is 0.814. The fourth-order valence-electron chi connectivity index (χ4n) is 3.18. The highest BCUT2D eigenvalue weighted by molar-refractivity contribution is 6.30. The van der Waals surface area contributed by atoms with Gasteiger partial charge in [0.05, 0.1) is 11.4 Å². The average molecular weight is 386 g/mol. The highest BCUT2D eigenvalue weighted by Crippen LogP contribution is 2.28. The van der Waals surface area contributed by atoms with Crippen molar-refractivity contribution in [3.05, 3.63) is 59.1 Å². The molecule has 1 fully saturated rings. The minimum atomic E-state index is -0.664. The van der Waals surface area contributed by atoms with Crippen LogP contribution in [0.1, 0.15) is 36.5 Å². The highest BCUT2D eigenvalue weighted by Gasteiger charge is 2.20. The summed E-state index contributed by atoms with van der Waals surface area (Å²) in [5, 5.41) is 6.25. The second-order valence-electron chi connectivity index (χ2n) is 6.76. The maximum absolute atomic E-state index is 12.6. The van der Waals surface area contributed by atoms with E-state index in [1.54, 1.807) is 31.2 Å². The maximum atomic E-state index is 12.6. The number of hydrogen-bond acceptors (Lipinski definition) is 3. The number of piperidine rings is 1. The molecule has 0 radical (unpaired) electrons. The summed E-state index contributed by atoms with van der Waals surface area (Å²) in [6.45, 7) is 3.66. The van der Waals surface area contributed by atoms with Crippen molar-refractivity contribution in [3.63, 3.8) is 0 Å². The Morgan fingerprint density at radius 3 is 2.37 bits per heavy atom. The molecule has 0 aliphatic carbocycles. The number of halogens is 1. The third-order valence-electron chi connectivity index (χ3n) is 4.71. The van der Waals surface area contributed by atoms with E-state index in [0.29, 0.717) is 10.6 Å². The standard InChI is InChI=1S/C21H24ClN3O2/c1-15(23-21(27)16-9-11-17(22)12-10-16)20(26)24-18-7-3-4-8-19(18)25-13-5-2-6-14-25/h3-4,7-12,15H,2,5-6,13-14H2,1H3,(H,23,27)(H,24,26). The van der Waals surface area contributed by atoms with Crippen LogP contribution in [0.4, 0.5) is 11.4 Å². The Labute approximate surface area is 164 Å². The van der Waals surface area contributed by atoms with Gasteiger partial charge in [0.15, 0.2) is 0 Å². The molecule has 3 rings (SSSR count). The van der Waals surface area contributed by atoms with Gasteiger partial charge in [0.1, 0.15) is 6.04 Å². The first-order valence-electron chi connectivity index (χ1n) is 9.26. The fourth-order valence-corrected chi connectivity index (χ4v) is 3.30. The van der Waals surface area contributed by atoms with E-state index in [4.69, 9.17) is 11.6 Å². The van der Waals surface area contributed by atoms with Crippen molar-refractivity contribution in [2.45, 2.75) is 32.2 Å². The number of nitrogens with zero attached hydrogens (tertiary/aromatic N) is 1. The van der Waals surface area contributed by atoms with E-state index in [9.17, 15) is 9.59 Å². The van der Waals surface area contributed by atoms with Crippen molar-refractivity contribution >= 4 is 34.8 Å². The van der Waals surface area contributed by atoms with Crippen molar-refractivity contribution in [2.75, 3.05) is 23.3 Å². The molecule has 0 spiro atoms. The summed E-state index contributed by atoms with van der Waals surface area (Å²) in [6.07, 6.45) is 3.57. The Morgan fingerprint density at radius 2 is 1.67 bits per heavy atom. The SMILES string of the molecule is CC(NC(=O)c1ccc(Cl)cc1)C(=O)Nc1ccccc1N1CCCCC1. The Hall–Kier alpha value is -2.53. The van der Waals surface area contributed by atoms with Gasteiger partial charge < -0.3 is 15.5 Å². The number of hydrogen-bond donors (Lipinski definition) is 2. The third kappa shape index (κ3) is 5.01. The smallest absolute Gasteiger partial charge is 0.251 e. The first kappa shape index (κ1) is 19.2. The Bertz CT molecular complexity index is 801. The zero-order valence-electron chi connectivity index (χ0n) is 15.4. The molecule has 1 aliphatic rings. The summed E-state index contributed by atoms with van der Waals surface area (Å²) in [5.74, 6) is -0.555. The fraction of sp³-hybridized carbons (Fsp3) is 0.333. The van der Waals surface area contributed by atoms with Crippen LogP contribution < -0.4 is 15.5 Å². The molecule has 2 aromatic carbocycles. The zero-order valence-corrected chi connectivity index (χ0v) is 16.1. The average Bonchev–Trinajstić information content (AvgIpc) is 2.69. The number of para-hydroxylation sites is 2. The van der Waals surface area contributed by atoms with Gasteiger partial charge in [-0.2, -0.15) is 0 Å². The van der Waals surface area contributed by atoms with Crippen LogP contribution in [0.5, 0.6) is 0 Å². The molecule has 0 saturated carbocycles. The van der Waals surface area contributed by atoms with E-state index in [0.717, 1.165) is 37.3 Å². The molecule has 2 amide bonds. The van der Waals surface area contributed by atoms with Crippen LogP contribution in [0.2, 0.25) is 5.02 Å². The molecule has 1 saturated heterocycles. The van der Waals surface area contributed by atoms with E-state index in [2.05, 4.69) is 15.5 Å². The summed E-state index contributed by atoms with van der Waals surface area (Å²) < 4.78 is 0. The van der Waals surface area contributed by atoms with Gasteiger partial charge in [-0.25, -0.2) is 0 Å². The molecule has 0 bridgehead atoms. The van der Waals surface area contributed by atoms with Gasteiger partial charge in [-0.05, 0) is 62.6 Å². The molecule has 1 atom stereocenters. The van der Waals surface area contributed by atoms with Crippen LogP contribution in [-0.4, -0.2) is 30.9 Å². The number of nitrogens with one attached hydrogen (secondary N) is 2. The second-order valence-corrected chi connectivity index (χ2v) is 7.19. The minimum Gasteiger partial charge on any atom is -0.370 e. The van der Waals surface area contributed by atoms with Gasteiger partial charge in [-0.15, -0.1) is 0 Å². The molecule has 6 heteroatoms. The lowest BCUT2D eigenvalue weighted by Crippen LogP contribution is -2.42. The van der Waals surface area contributed by atoms with Gasteiger partial charge in [-0.1, -0.05) is 23.7 Å². The number of anilines is 2. The largest absolute Gasteiger partial charge is 0.370 e. The van der Waals surface area contributed by atoms with Gasteiger partial charge in [0.25, 0.3) is 5.91 Å². The lowest BCUT2D eigenvalue weighted by atomic mass is 10.1. The predicted octanol–water partition coefficient (Wildman–Crippen LogP) is 4.09. The van der Waals surface area contributed by atoms with Crippen LogP contribution in [0.25, 0.3) is 0 Å². The molecule has 2 aromatic rings. The second kappa shape index (κ2) is 8.91. The molecule has 5 nitrogen and oxygen atoms in total. The molecule has 142 valence electrons. The molecular formula is C21H24ClN3O2. The topological polar surface area (TPSA) is 61.4 Å². The van der Waals surface area contributed by atoms with Crippen LogP contribution in [0.3, 0.4) is 0 Å². The van der Waals surface area contributed by atoms with Gasteiger partial charge in [0.2, 0.25) is 5.91 Å². The van der Waals surface area contributed by atoms with E-state index in [-0.39, 0.29) is 11.8 Å². The zero-order chi connectivity index (χ0) is 19.2. The lowest BCUT2D eigenvalue weighted by Gasteiger charge is -2.30. The minimum absolute atomic E-state index is 0.248. The molecule has 1 unspecified atom stereocenters. The Kier molecular flexibility index (Phi) is 6.35. The molecule has 0 aromatic heterocycles. The molecular weight excluding hydrogens is 362 g/mol. The number of carbonyl (C=O) groups is 2. The van der Waals surface area contributed by atoms with Crippen molar-refractivity contribution in [3.8, 4) is 0 Å². The molecule has 27 heavy (non-hydrogen) atoms. The van der Waals surface area contributed by atoms with Gasteiger partial charge in [0, 0.05) is 23.7 Å². The third-order valence-corrected chi connectivity index (χ3v) is 4.96.